The van der Waals surface area contributed by atoms with Crippen LogP contribution in [-0.2, 0) is 11.2 Å². The molecule has 2 aromatic rings. The van der Waals surface area contributed by atoms with Crippen molar-refractivity contribution in [2.75, 3.05) is 6.54 Å². The van der Waals surface area contributed by atoms with Gasteiger partial charge in [-0.05, 0) is 25.0 Å². The maximum absolute atomic E-state index is 11.2. The number of carbonyl (C=O) groups is 1. The summed E-state index contributed by atoms with van der Waals surface area (Å²) in [7, 11) is 0. The summed E-state index contributed by atoms with van der Waals surface area (Å²) in [6.45, 7) is 2.30. The maximum atomic E-state index is 11.2. The van der Waals surface area contributed by atoms with Crippen molar-refractivity contribution in [1.29, 1.82) is 0 Å². The third kappa shape index (κ3) is 2.65. The van der Waals surface area contributed by atoms with Gasteiger partial charge < -0.3 is 16.0 Å². The normalized spacial score (nSPS) is 12.6. The average Bonchev–Trinajstić information content (AvgIpc) is 2.72. The lowest BCUT2D eigenvalue weighted by atomic mass is 10.1. The van der Waals surface area contributed by atoms with E-state index >= 15 is 0 Å². The van der Waals surface area contributed by atoms with Gasteiger partial charge in [0.1, 0.15) is 0 Å². The number of benzene rings is 1. The van der Waals surface area contributed by atoms with Gasteiger partial charge in [-0.15, -0.1) is 0 Å². The van der Waals surface area contributed by atoms with Crippen molar-refractivity contribution >= 4 is 16.8 Å². The summed E-state index contributed by atoms with van der Waals surface area (Å²) in [5, 5.41) is 4.14. The monoisotopic (exact) mass is 232 g/mol. The standard InChI is InChI=1S/C13H17N3O/c1-9(16-13(17)7-14)6-10-8-15-12-5-3-2-4-11(10)12/h2-5,8-9,15H,6-7,14H2,1H3,(H,16,17)/p+1. The molecule has 0 spiro atoms. The zero-order chi connectivity index (χ0) is 12.3. The average molecular weight is 232 g/mol. The molecule has 0 bridgehead atoms. The van der Waals surface area contributed by atoms with Gasteiger partial charge in [-0.25, -0.2) is 0 Å². The fraction of sp³-hybridized carbons (Fsp3) is 0.308. The molecule has 5 N–H and O–H groups in total. The summed E-state index contributed by atoms with van der Waals surface area (Å²) in [6.07, 6.45) is 2.84. The second kappa shape index (κ2) is 5.01. The van der Waals surface area contributed by atoms with Gasteiger partial charge >= 0.3 is 0 Å². The largest absolute Gasteiger partial charge is 0.361 e. The Morgan fingerprint density at radius 3 is 3.00 bits per heavy atom. The second-order valence-electron chi connectivity index (χ2n) is 4.28. The van der Waals surface area contributed by atoms with Crippen LogP contribution in [0.4, 0.5) is 0 Å². The van der Waals surface area contributed by atoms with Crippen LogP contribution in [0.1, 0.15) is 12.5 Å². The van der Waals surface area contributed by atoms with E-state index in [1.54, 1.807) is 0 Å². The highest BCUT2D eigenvalue weighted by Crippen LogP contribution is 2.18. The summed E-state index contributed by atoms with van der Waals surface area (Å²) < 4.78 is 0. The number of fused-ring (bicyclic) bond motifs is 1. The molecule has 0 aliphatic rings. The van der Waals surface area contributed by atoms with Crippen LogP contribution >= 0.6 is 0 Å². The molecule has 90 valence electrons. The molecule has 1 atom stereocenters. The number of aromatic amines is 1. The fourth-order valence-electron chi connectivity index (χ4n) is 2.03. The first-order valence-corrected chi connectivity index (χ1v) is 5.84. The zero-order valence-corrected chi connectivity index (χ0v) is 9.99. The number of hydrogen-bond acceptors (Lipinski definition) is 1. The molecule has 0 radical (unpaired) electrons. The van der Waals surface area contributed by atoms with Crippen molar-refractivity contribution in [2.45, 2.75) is 19.4 Å². The van der Waals surface area contributed by atoms with Gasteiger partial charge in [0.2, 0.25) is 0 Å². The predicted octanol–water partition coefficient (Wildman–Crippen LogP) is 0.457. The Bertz CT molecular complexity index is 518. The van der Waals surface area contributed by atoms with Gasteiger partial charge in [-0.2, -0.15) is 0 Å². The number of quaternary nitrogens is 1. The van der Waals surface area contributed by atoms with Crippen molar-refractivity contribution in [3.05, 3.63) is 36.0 Å². The SMILES string of the molecule is CC(Cc1c[nH]c2ccccc12)NC(=O)C[NH3+]. The molecule has 0 saturated carbocycles. The summed E-state index contributed by atoms with van der Waals surface area (Å²) in [4.78, 5) is 14.5. The lowest BCUT2D eigenvalue weighted by Crippen LogP contribution is -2.58. The second-order valence-corrected chi connectivity index (χ2v) is 4.28. The first-order valence-electron chi connectivity index (χ1n) is 5.84. The van der Waals surface area contributed by atoms with Crippen LogP contribution in [-0.4, -0.2) is 23.5 Å². The minimum atomic E-state index is -0.00246. The number of H-pyrrole nitrogens is 1. The molecule has 17 heavy (non-hydrogen) atoms. The van der Waals surface area contributed by atoms with Crippen molar-refractivity contribution in [3.8, 4) is 0 Å². The summed E-state index contributed by atoms with van der Waals surface area (Å²) in [5.74, 6) is -0.00246. The predicted molar refractivity (Wildman–Crippen MR) is 67.4 cm³/mol. The van der Waals surface area contributed by atoms with Gasteiger partial charge in [-0.3, -0.25) is 4.79 Å². The Balaban J connectivity index is 2.10. The smallest absolute Gasteiger partial charge is 0.275 e. The van der Waals surface area contributed by atoms with E-state index in [0.29, 0.717) is 0 Å². The topological polar surface area (TPSA) is 72.5 Å². The van der Waals surface area contributed by atoms with Gasteiger partial charge in [0, 0.05) is 23.1 Å². The number of carbonyl (C=O) groups excluding carboxylic acids is 1. The Morgan fingerprint density at radius 1 is 1.47 bits per heavy atom. The Labute approximate surface area is 100 Å². The van der Waals surface area contributed by atoms with Gasteiger partial charge in [0.05, 0.1) is 0 Å². The van der Waals surface area contributed by atoms with Gasteiger partial charge in [0.25, 0.3) is 5.91 Å². The Kier molecular flexibility index (Phi) is 3.44. The van der Waals surface area contributed by atoms with Crippen molar-refractivity contribution in [3.63, 3.8) is 0 Å². The number of aromatic nitrogens is 1. The molecule has 0 saturated heterocycles. The number of hydrogen-bond donors (Lipinski definition) is 3. The molecule has 2 rings (SSSR count). The summed E-state index contributed by atoms with van der Waals surface area (Å²) in [6, 6.07) is 8.31. The van der Waals surface area contributed by atoms with Crippen LogP contribution in [0.5, 0.6) is 0 Å². The number of nitrogens with one attached hydrogen (secondary N) is 2. The van der Waals surface area contributed by atoms with Gasteiger partial charge in [-0.1, -0.05) is 18.2 Å². The van der Waals surface area contributed by atoms with Crippen molar-refractivity contribution in [2.24, 2.45) is 0 Å². The number of amides is 1. The molecule has 4 heteroatoms. The summed E-state index contributed by atoms with van der Waals surface area (Å²) in [5.41, 5.74) is 5.94. The van der Waals surface area contributed by atoms with Crippen LogP contribution in [0.15, 0.2) is 30.5 Å². The van der Waals surface area contributed by atoms with Crippen LogP contribution in [0.2, 0.25) is 0 Å². The molecule has 0 fully saturated rings. The fourth-order valence-corrected chi connectivity index (χ4v) is 2.03. The highest BCUT2D eigenvalue weighted by atomic mass is 16.1. The molecule has 1 heterocycles. The molecule has 1 amide bonds. The van der Waals surface area contributed by atoms with E-state index in [9.17, 15) is 4.79 Å². The van der Waals surface area contributed by atoms with Crippen molar-refractivity contribution in [1.82, 2.24) is 10.3 Å². The number of para-hydroxylation sites is 1. The number of rotatable bonds is 4. The highest BCUT2D eigenvalue weighted by molar-refractivity contribution is 5.83. The third-order valence-corrected chi connectivity index (χ3v) is 2.84. The maximum Gasteiger partial charge on any atom is 0.275 e. The molecular formula is C13H18N3O+. The third-order valence-electron chi connectivity index (χ3n) is 2.84. The van der Waals surface area contributed by atoms with Crippen LogP contribution in [0.25, 0.3) is 10.9 Å². The molecular weight excluding hydrogens is 214 g/mol. The van der Waals surface area contributed by atoms with E-state index in [1.807, 2.05) is 25.3 Å². The Morgan fingerprint density at radius 2 is 2.24 bits per heavy atom. The molecule has 0 aliphatic heterocycles. The summed E-state index contributed by atoms with van der Waals surface area (Å²) >= 11 is 0. The molecule has 4 nitrogen and oxygen atoms in total. The lowest BCUT2D eigenvalue weighted by Gasteiger charge is -2.11. The van der Waals surface area contributed by atoms with Crippen LogP contribution in [0.3, 0.4) is 0 Å². The van der Waals surface area contributed by atoms with E-state index in [2.05, 4.69) is 28.2 Å². The quantitative estimate of drug-likeness (QED) is 0.704. The van der Waals surface area contributed by atoms with E-state index in [4.69, 9.17) is 0 Å². The lowest BCUT2D eigenvalue weighted by molar-refractivity contribution is -0.355. The van der Waals surface area contributed by atoms with E-state index in [-0.39, 0.29) is 18.5 Å². The van der Waals surface area contributed by atoms with Crippen molar-refractivity contribution < 1.29 is 10.5 Å². The molecule has 1 aromatic carbocycles. The van der Waals surface area contributed by atoms with E-state index in [1.165, 1.54) is 10.9 Å². The first kappa shape index (κ1) is 11.7. The minimum absolute atomic E-state index is 0.00246. The zero-order valence-electron chi connectivity index (χ0n) is 9.99. The van der Waals surface area contributed by atoms with Crippen LogP contribution in [0, 0.1) is 0 Å². The molecule has 1 unspecified atom stereocenters. The minimum Gasteiger partial charge on any atom is -0.361 e. The first-order chi connectivity index (χ1) is 8.20. The van der Waals surface area contributed by atoms with Gasteiger partial charge in [0.15, 0.2) is 6.54 Å². The van der Waals surface area contributed by atoms with E-state index in [0.717, 1.165) is 11.9 Å². The highest BCUT2D eigenvalue weighted by Gasteiger charge is 2.10. The Hall–Kier alpha value is -1.81. The van der Waals surface area contributed by atoms with Crippen LogP contribution < -0.4 is 11.1 Å². The molecule has 1 aromatic heterocycles. The van der Waals surface area contributed by atoms with E-state index < -0.39 is 0 Å². The molecule has 0 aliphatic carbocycles.